The predicted octanol–water partition coefficient (Wildman–Crippen LogP) is 2.59. The first-order valence-electron chi connectivity index (χ1n) is 4.95. The molecular formula is C11H9ClFN5. The smallest absolute Gasteiger partial charge is 0.224 e. The highest BCUT2D eigenvalue weighted by Crippen LogP contribution is 2.21. The molecule has 0 saturated heterocycles. The van der Waals surface area contributed by atoms with E-state index in [9.17, 15) is 4.39 Å². The van der Waals surface area contributed by atoms with Gasteiger partial charge >= 0.3 is 0 Å². The molecule has 18 heavy (non-hydrogen) atoms. The number of nitrogen functional groups attached to an aromatic ring is 1. The first-order chi connectivity index (χ1) is 8.60. The Hall–Kier alpha value is -2.21. The summed E-state index contributed by atoms with van der Waals surface area (Å²) in [5, 5.41) is 9.88. The van der Waals surface area contributed by atoms with Gasteiger partial charge in [0.15, 0.2) is 11.6 Å². The van der Waals surface area contributed by atoms with Gasteiger partial charge in [0, 0.05) is 23.2 Å². The van der Waals surface area contributed by atoms with Gasteiger partial charge in [0.2, 0.25) is 5.28 Å². The number of nitrogens with one attached hydrogen (secondary N) is 2. The van der Waals surface area contributed by atoms with Crippen molar-refractivity contribution in [2.45, 2.75) is 0 Å². The monoisotopic (exact) mass is 265 g/mol. The van der Waals surface area contributed by atoms with Crippen LogP contribution in [0.2, 0.25) is 5.28 Å². The van der Waals surface area contributed by atoms with Crippen LogP contribution in [0, 0.1) is 11.2 Å². The standard InChI is InChI=1S/C11H9ClFN5/c12-11-16-5-8(13)10(18-11)17-7-1-2-9(15)6(3-7)4-14/h1-5,14H,15H2,(H,16,17,18). The molecule has 0 spiro atoms. The largest absolute Gasteiger partial charge is 0.398 e. The second-order valence-corrected chi connectivity index (χ2v) is 3.79. The zero-order chi connectivity index (χ0) is 13.1. The molecule has 0 bridgehead atoms. The van der Waals surface area contributed by atoms with Crippen molar-refractivity contribution in [1.82, 2.24) is 9.97 Å². The minimum Gasteiger partial charge on any atom is -0.398 e. The molecule has 0 aliphatic rings. The van der Waals surface area contributed by atoms with Crippen LogP contribution in [-0.4, -0.2) is 16.2 Å². The molecule has 92 valence electrons. The van der Waals surface area contributed by atoms with Gasteiger partial charge in [-0.1, -0.05) is 0 Å². The van der Waals surface area contributed by atoms with Crippen molar-refractivity contribution in [3.63, 3.8) is 0 Å². The van der Waals surface area contributed by atoms with Crippen molar-refractivity contribution < 1.29 is 4.39 Å². The lowest BCUT2D eigenvalue weighted by Crippen LogP contribution is -2.00. The Balaban J connectivity index is 2.34. The SMILES string of the molecule is N=Cc1cc(Nc2nc(Cl)ncc2F)ccc1N. The fourth-order valence-electron chi connectivity index (χ4n) is 1.35. The zero-order valence-corrected chi connectivity index (χ0v) is 9.87. The number of aromatic nitrogens is 2. The molecule has 1 aromatic heterocycles. The van der Waals surface area contributed by atoms with Crippen LogP contribution in [0.4, 0.5) is 21.6 Å². The molecule has 0 saturated carbocycles. The molecule has 0 aliphatic heterocycles. The van der Waals surface area contributed by atoms with Crippen LogP contribution in [0.5, 0.6) is 0 Å². The van der Waals surface area contributed by atoms with Gasteiger partial charge in [0.1, 0.15) is 0 Å². The summed E-state index contributed by atoms with van der Waals surface area (Å²) in [5.74, 6) is -0.650. The Morgan fingerprint density at radius 3 is 2.94 bits per heavy atom. The van der Waals surface area contributed by atoms with Gasteiger partial charge in [-0.3, -0.25) is 0 Å². The lowest BCUT2D eigenvalue weighted by Gasteiger charge is -2.08. The Bertz CT molecular complexity index is 602. The maximum atomic E-state index is 13.4. The van der Waals surface area contributed by atoms with E-state index in [2.05, 4.69) is 15.3 Å². The van der Waals surface area contributed by atoms with E-state index in [1.807, 2.05) is 0 Å². The van der Waals surface area contributed by atoms with Gasteiger partial charge < -0.3 is 16.5 Å². The first kappa shape index (κ1) is 12.3. The van der Waals surface area contributed by atoms with Crippen molar-refractivity contribution in [1.29, 1.82) is 5.41 Å². The summed E-state index contributed by atoms with van der Waals surface area (Å²) in [7, 11) is 0. The minimum absolute atomic E-state index is 0.0318. The van der Waals surface area contributed by atoms with Gasteiger partial charge in [0.25, 0.3) is 0 Å². The summed E-state index contributed by atoms with van der Waals surface area (Å²) in [4.78, 5) is 7.24. The number of halogens is 2. The Labute approximate surface area is 107 Å². The molecule has 2 rings (SSSR count). The average Bonchev–Trinajstić information content (AvgIpc) is 2.36. The van der Waals surface area contributed by atoms with Crippen molar-refractivity contribution in [3.05, 3.63) is 41.1 Å². The Kier molecular flexibility index (Phi) is 3.38. The molecule has 0 amide bonds. The number of anilines is 3. The number of rotatable bonds is 3. The second-order valence-electron chi connectivity index (χ2n) is 3.45. The van der Waals surface area contributed by atoms with Gasteiger partial charge in [-0.2, -0.15) is 4.98 Å². The predicted molar refractivity (Wildman–Crippen MR) is 69.0 cm³/mol. The van der Waals surface area contributed by atoms with E-state index >= 15 is 0 Å². The van der Waals surface area contributed by atoms with Crippen molar-refractivity contribution in [2.24, 2.45) is 0 Å². The number of nitrogens with zero attached hydrogens (tertiary/aromatic N) is 2. The molecule has 7 heteroatoms. The van der Waals surface area contributed by atoms with Crippen LogP contribution in [0.1, 0.15) is 5.56 Å². The third-order valence-electron chi connectivity index (χ3n) is 2.22. The number of benzene rings is 1. The Morgan fingerprint density at radius 2 is 2.22 bits per heavy atom. The highest BCUT2D eigenvalue weighted by atomic mass is 35.5. The van der Waals surface area contributed by atoms with Crippen molar-refractivity contribution in [3.8, 4) is 0 Å². The maximum Gasteiger partial charge on any atom is 0.224 e. The van der Waals surface area contributed by atoms with E-state index < -0.39 is 5.82 Å². The molecule has 1 heterocycles. The molecule has 5 nitrogen and oxygen atoms in total. The van der Waals surface area contributed by atoms with Crippen LogP contribution in [0.15, 0.2) is 24.4 Å². The van der Waals surface area contributed by atoms with Crippen LogP contribution in [-0.2, 0) is 0 Å². The van der Waals surface area contributed by atoms with E-state index in [0.717, 1.165) is 12.4 Å². The van der Waals surface area contributed by atoms with Crippen LogP contribution in [0.25, 0.3) is 0 Å². The topological polar surface area (TPSA) is 87.7 Å². The minimum atomic E-state index is -0.618. The summed E-state index contributed by atoms with van der Waals surface area (Å²) >= 11 is 5.58. The van der Waals surface area contributed by atoms with Crippen LogP contribution in [0.3, 0.4) is 0 Å². The normalized spacial score (nSPS) is 10.1. The molecule has 0 atom stereocenters. The summed E-state index contributed by atoms with van der Waals surface area (Å²) in [6, 6.07) is 4.87. The number of hydrogen-bond acceptors (Lipinski definition) is 5. The average molecular weight is 266 g/mol. The molecule has 0 aliphatic carbocycles. The molecule has 0 radical (unpaired) electrons. The van der Waals surface area contributed by atoms with Crippen LogP contribution >= 0.6 is 11.6 Å². The van der Waals surface area contributed by atoms with Gasteiger partial charge in [0.05, 0.1) is 6.20 Å². The van der Waals surface area contributed by atoms with E-state index in [0.29, 0.717) is 16.9 Å². The third-order valence-corrected chi connectivity index (χ3v) is 2.40. The number of hydrogen-bond donors (Lipinski definition) is 3. The summed E-state index contributed by atoms with van der Waals surface area (Å²) in [5.41, 5.74) is 7.20. The molecular weight excluding hydrogens is 257 g/mol. The molecule has 4 N–H and O–H groups in total. The molecule has 2 aromatic rings. The van der Waals surface area contributed by atoms with Crippen molar-refractivity contribution >= 4 is 35.0 Å². The number of nitrogens with two attached hydrogens (primary N) is 1. The fourth-order valence-corrected chi connectivity index (χ4v) is 1.48. The van der Waals surface area contributed by atoms with E-state index in [-0.39, 0.29) is 11.1 Å². The summed E-state index contributed by atoms with van der Waals surface area (Å²) in [6.07, 6.45) is 2.09. The van der Waals surface area contributed by atoms with Gasteiger partial charge in [-0.15, -0.1) is 0 Å². The summed E-state index contributed by atoms with van der Waals surface area (Å²) in [6.45, 7) is 0. The van der Waals surface area contributed by atoms with Gasteiger partial charge in [-0.25, -0.2) is 9.37 Å². The highest BCUT2D eigenvalue weighted by Gasteiger charge is 2.07. The van der Waals surface area contributed by atoms with Crippen molar-refractivity contribution in [2.75, 3.05) is 11.1 Å². The van der Waals surface area contributed by atoms with Crippen LogP contribution < -0.4 is 11.1 Å². The van der Waals surface area contributed by atoms with E-state index in [1.54, 1.807) is 18.2 Å². The lowest BCUT2D eigenvalue weighted by atomic mass is 10.2. The molecule has 1 aromatic carbocycles. The first-order valence-corrected chi connectivity index (χ1v) is 5.33. The fraction of sp³-hybridized carbons (Fsp3) is 0. The second kappa shape index (κ2) is 4.97. The zero-order valence-electron chi connectivity index (χ0n) is 9.11. The molecule has 0 unspecified atom stereocenters. The highest BCUT2D eigenvalue weighted by molar-refractivity contribution is 6.28. The lowest BCUT2D eigenvalue weighted by molar-refractivity contribution is 0.619. The van der Waals surface area contributed by atoms with Gasteiger partial charge in [-0.05, 0) is 29.8 Å². The molecule has 0 fully saturated rings. The van der Waals surface area contributed by atoms with E-state index in [1.165, 1.54) is 0 Å². The summed E-state index contributed by atoms with van der Waals surface area (Å²) < 4.78 is 13.4. The Morgan fingerprint density at radius 1 is 1.44 bits per heavy atom. The third kappa shape index (κ3) is 2.54. The maximum absolute atomic E-state index is 13.4. The quantitative estimate of drug-likeness (QED) is 0.452. The van der Waals surface area contributed by atoms with E-state index in [4.69, 9.17) is 22.7 Å².